The Bertz CT molecular complexity index is 531. The Morgan fingerprint density at radius 2 is 2.24 bits per heavy atom. The molecule has 2 heterocycles. The summed E-state index contributed by atoms with van der Waals surface area (Å²) in [6, 6.07) is 4.38. The topological polar surface area (TPSA) is 29.5 Å². The summed E-state index contributed by atoms with van der Waals surface area (Å²) in [5.74, 6) is -0.323. The molecule has 21 heavy (non-hydrogen) atoms. The van der Waals surface area contributed by atoms with Crippen molar-refractivity contribution in [3.05, 3.63) is 34.6 Å². The van der Waals surface area contributed by atoms with E-state index in [1.165, 1.54) is 12.1 Å². The van der Waals surface area contributed by atoms with Gasteiger partial charge in [-0.1, -0.05) is 17.7 Å². The number of hydrogen-bond acceptors (Lipinski definition) is 2. The van der Waals surface area contributed by atoms with E-state index in [0.29, 0.717) is 10.6 Å². The number of amides is 1. The minimum absolute atomic E-state index is 0.0570. The molecule has 3 rings (SSSR count). The van der Waals surface area contributed by atoms with Crippen LogP contribution in [-0.2, 0) is 16.0 Å². The van der Waals surface area contributed by atoms with Crippen LogP contribution < -0.4 is 0 Å². The fourth-order valence-corrected chi connectivity index (χ4v) is 3.56. The van der Waals surface area contributed by atoms with E-state index in [1.54, 1.807) is 6.07 Å². The fourth-order valence-electron chi connectivity index (χ4n) is 3.32. The Kier molecular flexibility index (Phi) is 4.45. The van der Waals surface area contributed by atoms with Crippen LogP contribution in [0.15, 0.2) is 18.2 Å². The summed E-state index contributed by atoms with van der Waals surface area (Å²) in [7, 11) is 0. The van der Waals surface area contributed by atoms with Gasteiger partial charge in [0.1, 0.15) is 5.82 Å². The fraction of sp³-hybridized carbons (Fsp3) is 0.562. The summed E-state index contributed by atoms with van der Waals surface area (Å²) in [5.41, 5.74) is 0.682. The van der Waals surface area contributed by atoms with Crippen LogP contribution in [0.3, 0.4) is 0 Å². The molecule has 2 aliphatic rings. The predicted octanol–water partition coefficient (Wildman–Crippen LogP) is 3.19. The molecular weight excluding hydrogens is 293 g/mol. The van der Waals surface area contributed by atoms with Gasteiger partial charge < -0.3 is 9.64 Å². The summed E-state index contributed by atoms with van der Waals surface area (Å²) in [6.45, 7) is 1.58. The molecule has 1 aromatic carbocycles. The Morgan fingerprint density at radius 3 is 2.95 bits per heavy atom. The van der Waals surface area contributed by atoms with E-state index in [0.717, 1.165) is 38.8 Å². The van der Waals surface area contributed by atoms with Crippen molar-refractivity contribution in [2.45, 2.75) is 44.2 Å². The van der Waals surface area contributed by atoms with E-state index in [1.807, 2.05) is 4.90 Å². The van der Waals surface area contributed by atoms with Crippen molar-refractivity contribution < 1.29 is 13.9 Å². The number of hydrogen-bond donors (Lipinski definition) is 0. The van der Waals surface area contributed by atoms with E-state index in [-0.39, 0.29) is 30.3 Å². The lowest BCUT2D eigenvalue weighted by atomic mass is 10.0. The van der Waals surface area contributed by atoms with Crippen LogP contribution in [0.25, 0.3) is 0 Å². The van der Waals surface area contributed by atoms with Crippen molar-refractivity contribution in [1.29, 1.82) is 0 Å². The Hall–Kier alpha value is -1.13. The van der Waals surface area contributed by atoms with Crippen molar-refractivity contribution in [3.8, 4) is 0 Å². The molecule has 0 bridgehead atoms. The number of rotatable bonds is 3. The lowest BCUT2D eigenvalue weighted by Gasteiger charge is -2.29. The third-order valence-corrected chi connectivity index (χ3v) is 4.72. The van der Waals surface area contributed by atoms with Gasteiger partial charge in [-0.25, -0.2) is 4.39 Å². The first kappa shape index (κ1) is 14.8. The van der Waals surface area contributed by atoms with Crippen LogP contribution in [-0.4, -0.2) is 36.1 Å². The second kappa shape index (κ2) is 6.32. The summed E-state index contributed by atoms with van der Waals surface area (Å²) >= 11 is 6.01. The van der Waals surface area contributed by atoms with Gasteiger partial charge in [0, 0.05) is 18.2 Å². The van der Waals surface area contributed by atoms with Gasteiger partial charge in [-0.15, -0.1) is 0 Å². The minimum atomic E-state index is -0.380. The molecule has 0 aromatic heterocycles. The number of carbonyl (C=O) groups excluding carboxylic acids is 1. The molecule has 0 aliphatic carbocycles. The monoisotopic (exact) mass is 311 g/mol. The van der Waals surface area contributed by atoms with Crippen molar-refractivity contribution in [2.24, 2.45) is 0 Å². The first-order valence-electron chi connectivity index (χ1n) is 7.50. The molecule has 5 heteroatoms. The average molecular weight is 312 g/mol. The van der Waals surface area contributed by atoms with Crippen molar-refractivity contribution in [1.82, 2.24) is 4.90 Å². The van der Waals surface area contributed by atoms with Crippen molar-refractivity contribution in [2.75, 3.05) is 13.2 Å². The number of carbonyl (C=O) groups is 1. The maximum atomic E-state index is 13.1. The highest BCUT2D eigenvalue weighted by Crippen LogP contribution is 2.29. The maximum absolute atomic E-state index is 13.1. The Labute approximate surface area is 129 Å². The zero-order valence-corrected chi connectivity index (χ0v) is 12.6. The van der Waals surface area contributed by atoms with Crippen LogP contribution in [0.5, 0.6) is 0 Å². The van der Waals surface area contributed by atoms with E-state index in [2.05, 4.69) is 0 Å². The lowest BCUT2D eigenvalue weighted by Crippen LogP contribution is -2.43. The van der Waals surface area contributed by atoms with Gasteiger partial charge >= 0.3 is 0 Å². The minimum Gasteiger partial charge on any atom is -0.376 e. The standard InChI is InChI=1S/C16H19ClFNO2/c17-13-10-12(18)6-5-11(13)9-16(20)19-7-1-3-14(19)15-4-2-8-21-15/h5-6,10,14-15H,1-4,7-9H2. The smallest absolute Gasteiger partial charge is 0.227 e. The molecule has 2 unspecified atom stereocenters. The van der Waals surface area contributed by atoms with Crippen molar-refractivity contribution >= 4 is 17.5 Å². The Balaban J connectivity index is 1.69. The summed E-state index contributed by atoms with van der Waals surface area (Å²) in [5, 5.41) is 0.316. The van der Waals surface area contributed by atoms with E-state index in [9.17, 15) is 9.18 Å². The molecule has 0 saturated carbocycles. The van der Waals surface area contributed by atoms with Gasteiger partial charge in [-0.3, -0.25) is 4.79 Å². The van der Waals surface area contributed by atoms with Crippen molar-refractivity contribution in [3.63, 3.8) is 0 Å². The third kappa shape index (κ3) is 3.22. The zero-order valence-electron chi connectivity index (χ0n) is 11.9. The normalized spacial score (nSPS) is 25.5. The molecule has 114 valence electrons. The highest BCUT2D eigenvalue weighted by Gasteiger charge is 2.36. The molecule has 1 amide bonds. The highest BCUT2D eigenvalue weighted by molar-refractivity contribution is 6.31. The third-order valence-electron chi connectivity index (χ3n) is 4.37. The molecule has 2 saturated heterocycles. The first-order chi connectivity index (χ1) is 10.1. The summed E-state index contributed by atoms with van der Waals surface area (Å²) < 4.78 is 18.8. The molecule has 2 atom stereocenters. The predicted molar refractivity (Wildman–Crippen MR) is 78.8 cm³/mol. The molecule has 2 fully saturated rings. The van der Waals surface area contributed by atoms with Gasteiger partial charge in [0.15, 0.2) is 0 Å². The largest absolute Gasteiger partial charge is 0.376 e. The van der Waals surface area contributed by atoms with Crippen LogP contribution in [0.4, 0.5) is 4.39 Å². The number of halogens is 2. The van der Waals surface area contributed by atoms with E-state index < -0.39 is 0 Å². The van der Waals surface area contributed by atoms with Gasteiger partial charge in [0.05, 0.1) is 18.6 Å². The molecule has 0 radical (unpaired) electrons. The first-order valence-corrected chi connectivity index (χ1v) is 7.88. The average Bonchev–Trinajstić information content (AvgIpc) is 3.10. The quantitative estimate of drug-likeness (QED) is 0.858. The molecule has 3 nitrogen and oxygen atoms in total. The Morgan fingerprint density at radius 1 is 1.38 bits per heavy atom. The van der Waals surface area contributed by atoms with E-state index >= 15 is 0 Å². The number of ether oxygens (including phenoxy) is 1. The molecule has 0 spiro atoms. The summed E-state index contributed by atoms with van der Waals surface area (Å²) in [6.07, 6.45) is 4.54. The SMILES string of the molecule is O=C(Cc1ccc(F)cc1Cl)N1CCCC1C1CCCO1. The second-order valence-corrected chi connectivity index (χ2v) is 6.17. The molecule has 2 aliphatic heterocycles. The highest BCUT2D eigenvalue weighted by atomic mass is 35.5. The molecule has 1 aromatic rings. The molecule has 0 N–H and O–H groups in total. The second-order valence-electron chi connectivity index (χ2n) is 5.76. The number of nitrogens with zero attached hydrogens (tertiary/aromatic N) is 1. The van der Waals surface area contributed by atoms with Gasteiger partial charge in [-0.2, -0.15) is 0 Å². The van der Waals surface area contributed by atoms with Crippen LogP contribution in [0.1, 0.15) is 31.2 Å². The van der Waals surface area contributed by atoms with Crippen LogP contribution in [0, 0.1) is 5.82 Å². The number of likely N-dealkylation sites (tertiary alicyclic amines) is 1. The van der Waals surface area contributed by atoms with Gasteiger partial charge in [0.25, 0.3) is 0 Å². The van der Waals surface area contributed by atoms with Crippen LogP contribution in [0.2, 0.25) is 5.02 Å². The zero-order chi connectivity index (χ0) is 14.8. The van der Waals surface area contributed by atoms with Gasteiger partial charge in [-0.05, 0) is 43.4 Å². The van der Waals surface area contributed by atoms with Gasteiger partial charge in [0.2, 0.25) is 5.91 Å². The molecular formula is C16H19ClFNO2. The van der Waals surface area contributed by atoms with Crippen LogP contribution >= 0.6 is 11.6 Å². The lowest BCUT2D eigenvalue weighted by molar-refractivity contribution is -0.133. The maximum Gasteiger partial charge on any atom is 0.227 e. The summed E-state index contributed by atoms with van der Waals surface area (Å²) in [4.78, 5) is 14.5. The number of benzene rings is 1. The van der Waals surface area contributed by atoms with E-state index in [4.69, 9.17) is 16.3 Å².